The van der Waals surface area contributed by atoms with E-state index >= 15 is 0 Å². The Bertz CT molecular complexity index is 166. The van der Waals surface area contributed by atoms with Crippen LogP contribution in [0.25, 0.3) is 0 Å². The van der Waals surface area contributed by atoms with E-state index in [1.807, 2.05) is 18.2 Å². The SMILES string of the molecule is OC1/C=C\C=C/C/C=C\C1. The van der Waals surface area contributed by atoms with Crippen molar-refractivity contribution >= 4 is 0 Å². The molecule has 0 amide bonds. The number of aliphatic hydroxyl groups excluding tert-OH is 1. The van der Waals surface area contributed by atoms with Crippen molar-refractivity contribution in [1.82, 2.24) is 0 Å². The van der Waals surface area contributed by atoms with Crippen molar-refractivity contribution < 1.29 is 5.11 Å². The Morgan fingerprint density at radius 3 is 2.90 bits per heavy atom. The van der Waals surface area contributed by atoms with Gasteiger partial charge in [0.25, 0.3) is 0 Å². The van der Waals surface area contributed by atoms with Gasteiger partial charge in [-0.15, -0.1) is 0 Å². The summed E-state index contributed by atoms with van der Waals surface area (Å²) in [7, 11) is 0. The second kappa shape index (κ2) is 4.07. The molecule has 1 N–H and O–H groups in total. The van der Waals surface area contributed by atoms with Gasteiger partial charge >= 0.3 is 0 Å². The summed E-state index contributed by atoms with van der Waals surface area (Å²) in [5.74, 6) is 0. The third-order valence-corrected chi connectivity index (χ3v) is 1.40. The van der Waals surface area contributed by atoms with E-state index in [1.165, 1.54) is 0 Å². The fourth-order valence-corrected chi connectivity index (χ4v) is 0.839. The van der Waals surface area contributed by atoms with Gasteiger partial charge in [-0.1, -0.05) is 36.5 Å². The smallest absolute Gasteiger partial charge is 0.0758 e. The molecule has 0 spiro atoms. The molecule has 0 radical (unpaired) electrons. The molecule has 10 heavy (non-hydrogen) atoms. The molecule has 0 aliphatic heterocycles. The van der Waals surface area contributed by atoms with Gasteiger partial charge in [0.15, 0.2) is 0 Å². The third-order valence-electron chi connectivity index (χ3n) is 1.40. The quantitative estimate of drug-likeness (QED) is 0.503. The zero-order valence-electron chi connectivity index (χ0n) is 5.90. The van der Waals surface area contributed by atoms with Gasteiger partial charge in [-0.2, -0.15) is 0 Å². The van der Waals surface area contributed by atoms with Crippen LogP contribution < -0.4 is 0 Å². The summed E-state index contributed by atoms with van der Waals surface area (Å²) >= 11 is 0. The highest BCUT2D eigenvalue weighted by molar-refractivity contribution is 5.09. The van der Waals surface area contributed by atoms with E-state index in [1.54, 1.807) is 6.08 Å². The zero-order valence-corrected chi connectivity index (χ0v) is 5.90. The number of hydrogen-bond acceptors (Lipinski definition) is 1. The van der Waals surface area contributed by atoms with Crippen LogP contribution in [0.5, 0.6) is 0 Å². The van der Waals surface area contributed by atoms with Crippen LogP contribution in [0.4, 0.5) is 0 Å². The van der Waals surface area contributed by atoms with Gasteiger partial charge in [0.1, 0.15) is 0 Å². The van der Waals surface area contributed by atoms with E-state index in [-0.39, 0.29) is 6.10 Å². The van der Waals surface area contributed by atoms with E-state index in [9.17, 15) is 0 Å². The highest BCUT2D eigenvalue weighted by Gasteiger charge is 1.93. The first-order valence-corrected chi connectivity index (χ1v) is 3.56. The molecule has 1 aliphatic carbocycles. The van der Waals surface area contributed by atoms with E-state index in [2.05, 4.69) is 12.2 Å². The first kappa shape index (κ1) is 7.29. The second-order valence-electron chi connectivity index (χ2n) is 2.32. The van der Waals surface area contributed by atoms with Gasteiger partial charge in [-0.05, 0) is 12.8 Å². The van der Waals surface area contributed by atoms with Crippen molar-refractivity contribution in [2.24, 2.45) is 0 Å². The van der Waals surface area contributed by atoms with Gasteiger partial charge < -0.3 is 5.11 Å². The molecule has 0 bridgehead atoms. The Morgan fingerprint density at radius 2 is 2.00 bits per heavy atom. The average molecular weight is 136 g/mol. The first-order valence-electron chi connectivity index (χ1n) is 3.56. The van der Waals surface area contributed by atoms with Crippen LogP contribution in [0.15, 0.2) is 36.5 Å². The molecular formula is C9H12O. The molecule has 54 valence electrons. The molecule has 1 nitrogen and oxygen atoms in total. The Hall–Kier alpha value is -0.820. The topological polar surface area (TPSA) is 20.2 Å². The number of allylic oxidation sites excluding steroid dienone is 4. The summed E-state index contributed by atoms with van der Waals surface area (Å²) in [4.78, 5) is 0. The van der Waals surface area contributed by atoms with Crippen molar-refractivity contribution in [3.63, 3.8) is 0 Å². The molecule has 1 atom stereocenters. The Morgan fingerprint density at radius 1 is 1.10 bits per heavy atom. The normalized spacial score (nSPS) is 35.1. The third kappa shape index (κ3) is 2.65. The lowest BCUT2D eigenvalue weighted by atomic mass is 10.2. The fourth-order valence-electron chi connectivity index (χ4n) is 0.839. The van der Waals surface area contributed by atoms with E-state index in [0.29, 0.717) is 0 Å². The molecule has 0 heterocycles. The van der Waals surface area contributed by atoms with Crippen LogP contribution in [0.1, 0.15) is 12.8 Å². The zero-order chi connectivity index (χ0) is 7.23. The second-order valence-corrected chi connectivity index (χ2v) is 2.32. The predicted octanol–water partition coefficient (Wildman–Crippen LogP) is 1.81. The van der Waals surface area contributed by atoms with Crippen LogP contribution >= 0.6 is 0 Å². The van der Waals surface area contributed by atoms with Crippen molar-refractivity contribution in [2.45, 2.75) is 18.9 Å². The first-order chi connectivity index (χ1) is 4.89. The standard InChI is InChI=1S/C9H12O/c10-9-7-5-3-1-2-4-6-8-9/h1,3-7,9-10H,2,8H2/b3-1-,6-4-,7-5-. The molecular weight excluding hydrogens is 124 g/mol. The minimum Gasteiger partial charge on any atom is -0.389 e. The van der Waals surface area contributed by atoms with Crippen LogP contribution in [0, 0.1) is 0 Å². The van der Waals surface area contributed by atoms with Crippen LogP contribution in [-0.2, 0) is 0 Å². The Labute approximate surface area is 61.4 Å². The molecule has 0 saturated heterocycles. The summed E-state index contributed by atoms with van der Waals surface area (Å²) in [5.41, 5.74) is 0. The maximum Gasteiger partial charge on any atom is 0.0758 e. The van der Waals surface area contributed by atoms with Gasteiger partial charge in [0, 0.05) is 0 Å². The molecule has 0 aromatic heterocycles. The largest absolute Gasteiger partial charge is 0.389 e. The molecule has 0 fully saturated rings. The summed E-state index contributed by atoms with van der Waals surface area (Å²) in [6.07, 6.45) is 13.2. The lowest BCUT2D eigenvalue weighted by Crippen LogP contribution is -1.98. The van der Waals surface area contributed by atoms with Crippen molar-refractivity contribution in [1.29, 1.82) is 0 Å². The van der Waals surface area contributed by atoms with Crippen molar-refractivity contribution in [3.05, 3.63) is 36.5 Å². The number of hydrogen-bond donors (Lipinski definition) is 1. The van der Waals surface area contributed by atoms with Gasteiger partial charge in [-0.3, -0.25) is 0 Å². The van der Waals surface area contributed by atoms with E-state index in [0.717, 1.165) is 12.8 Å². The maximum absolute atomic E-state index is 9.17. The highest BCUT2D eigenvalue weighted by Crippen LogP contribution is 1.99. The predicted molar refractivity (Wildman–Crippen MR) is 42.7 cm³/mol. The molecule has 0 aromatic rings. The average Bonchev–Trinajstić information content (AvgIpc) is 2.02. The molecule has 1 unspecified atom stereocenters. The maximum atomic E-state index is 9.17. The van der Waals surface area contributed by atoms with Gasteiger partial charge in [-0.25, -0.2) is 0 Å². The summed E-state index contributed by atoms with van der Waals surface area (Å²) in [6.45, 7) is 0. The van der Waals surface area contributed by atoms with Crippen molar-refractivity contribution in [3.8, 4) is 0 Å². The van der Waals surface area contributed by atoms with Gasteiger partial charge in [0.05, 0.1) is 6.10 Å². The van der Waals surface area contributed by atoms with Crippen LogP contribution in [0.3, 0.4) is 0 Å². The summed E-state index contributed by atoms with van der Waals surface area (Å²) < 4.78 is 0. The lowest BCUT2D eigenvalue weighted by molar-refractivity contribution is 0.227. The summed E-state index contributed by atoms with van der Waals surface area (Å²) in [5, 5.41) is 9.17. The number of rotatable bonds is 0. The molecule has 0 aromatic carbocycles. The molecule has 1 heteroatoms. The lowest BCUT2D eigenvalue weighted by Gasteiger charge is -1.97. The highest BCUT2D eigenvalue weighted by atomic mass is 16.3. The summed E-state index contributed by atoms with van der Waals surface area (Å²) in [6, 6.07) is 0. The van der Waals surface area contributed by atoms with E-state index < -0.39 is 0 Å². The number of aliphatic hydroxyl groups is 1. The monoisotopic (exact) mass is 136 g/mol. The van der Waals surface area contributed by atoms with Gasteiger partial charge in [0.2, 0.25) is 0 Å². The molecule has 1 rings (SSSR count). The Kier molecular flexibility index (Phi) is 2.97. The van der Waals surface area contributed by atoms with Crippen LogP contribution in [-0.4, -0.2) is 11.2 Å². The Balaban J connectivity index is 2.54. The fraction of sp³-hybridized carbons (Fsp3) is 0.333. The van der Waals surface area contributed by atoms with Crippen molar-refractivity contribution in [2.75, 3.05) is 0 Å². The minimum atomic E-state index is -0.306. The molecule has 0 saturated carbocycles. The van der Waals surface area contributed by atoms with Crippen LogP contribution in [0.2, 0.25) is 0 Å². The molecule has 1 aliphatic rings. The minimum absolute atomic E-state index is 0.306. The van der Waals surface area contributed by atoms with E-state index in [4.69, 9.17) is 5.11 Å².